The van der Waals surface area contributed by atoms with Crippen molar-refractivity contribution < 1.29 is 19.8 Å². The molecule has 2 unspecified atom stereocenters. The second kappa shape index (κ2) is 7.28. The third-order valence-electron chi connectivity index (χ3n) is 2.56. The van der Waals surface area contributed by atoms with E-state index in [1.54, 1.807) is 24.3 Å². The van der Waals surface area contributed by atoms with Crippen LogP contribution in [-0.2, 0) is 4.79 Å². The molecule has 0 fully saturated rings. The number of carbonyl (C=O) groups excluding carboxylic acids is 2. The van der Waals surface area contributed by atoms with Crippen molar-refractivity contribution in [3.8, 4) is 0 Å². The molecule has 0 heterocycles. The Labute approximate surface area is 116 Å². The van der Waals surface area contributed by atoms with Crippen LogP contribution in [0.15, 0.2) is 24.3 Å². The van der Waals surface area contributed by atoms with E-state index in [0.29, 0.717) is 11.1 Å². The summed E-state index contributed by atoms with van der Waals surface area (Å²) >= 11 is 0.961. The van der Waals surface area contributed by atoms with Gasteiger partial charge in [0.05, 0.1) is 6.10 Å². The molecule has 1 rings (SSSR count). The van der Waals surface area contributed by atoms with Crippen LogP contribution in [0.5, 0.6) is 0 Å². The summed E-state index contributed by atoms with van der Waals surface area (Å²) in [5.41, 5.74) is 0.982. The van der Waals surface area contributed by atoms with Gasteiger partial charge in [-0.05, 0) is 17.7 Å². The lowest BCUT2D eigenvalue weighted by molar-refractivity contribution is -0.109. The second-order valence-electron chi connectivity index (χ2n) is 4.02. The number of aliphatic hydroxyl groups is 2. The van der Waals surface area contributed by atoms with Crippen molar-refractivity contribution in [1.82, 2.24) is 5.32 Å². The SMILES string of the molecule is CNC(=O)c1ccc(C(O)C(O)CSC(C)=O)cc1. The Kier molecular flexibility index (Phi) is 6.01. The highest BCUT2D eigenvalue weighted by atomic mass is 32.2. The molecule has 2 atom stereocenters. The summed E-state index contributed by atoms with van der Waals surface area (Å²) in [4.78, 5) is 22.1. The normalized spacial score (nSPS) is 13.7. The minimum Gasteiger partial charge on any atom is -0.389 e. The summed E-state index contributed by atoms with van der Waals surface area (Å²) in [7, 11) is 1.54. The van der Waals surface area contributed by atoms with Gasteiger partial charge in [0.2, 0.25) is 0 Å². The molecule has 1 aromatic rings. The van der Waals surface area contributed by atoms with Crippen LogP contribution in [0.25, 0.3) is 0 Å². The number of amides is 1. The zero-order chi connectivity index (χ0) is 14.4. The van der Waals surface area contributed by atoms with Crippen LogP contribution < -0.4 is 5.32 Å². The third-order valence-corrected chi connectivity index (χ3v) is 3.48. The average molecular weight is 283 g/mol. The molecule has 0 radical (unpaired) electrons. The van der Waals surface area contributed by atoms with Gasteiger partial charge in [-0.15, -0.1) is 0 Å². The Balaban J connectivity index is 2.69. The lowest BCUT2D eigenvalue weighted by Gasteiger charge is -2.17. The Morgan fingerprint density at radius 2 is 1.84 bits per heavy atom. The quantitative estimate of drug-likeness (QED) is 0.741. The van der Waals surface area contributed by atoms with Crippen molar-refractivity contribution in [3.05, 3.63) is 35.4 Å². The van der Waals surface area contributed by atoms with E-state index in [1.807, 2.05) is 0 Å². The second-order valence-corrected chi connectivity index (χ2v) is 5.21. The van der Waals surface area contributed by atoms with E-state index < -0.39 is 12.2 Å². The Hall–Kier alpha value is -1.37. The fraction of sp³-hybridized carbons (Fsp3) is 0.385. The molecule has 0 spiro atoms. The number of thioether (sulfide) groups is 1. The summed E-state index contributed by atoms with van der Waals surface area (Å²) in [6.07, 6.45) is -2.11. The van der Waals surface area contributed by atoms with Gasteiger partial charge in [0, 0.05) is 25.3 Å². The topological polar surface area (TPSA) is 86.6 Å². The Morgan fingerprint density at radius 3 is 2.32 bits per heavy atom. The average Bonchev–Trinajstić information content (AvgIpc) is 2.43. The van der Waals surface area contributed by atoms with Gasteiger partial charge >= 0.3 is 0 Å². The molecule has 19 heavy (non-hydrogen) atoms. The van der Waals surface area contributed by atoms with E-state index in [4.69, 9.17) is 0 Å². The molecule has 0 aliphatic rings. The van der Waals surface area contributed by atoms with E-state index in [0.717, 1.165) is 11.8 Å². The summed E-state index contributed by atoms with van der Waals surface area (Å²) in [6, 6.07) is 6.30. The van der Waals surface area contributed by atoms with E-state index in [2.05, 4.69) is 5.32 Å². The number of benzene rings is 1. The first-order valence-electron chi connectivity index (χ1n) is 5.77. The zero-order valence-corrected chi connectivity index (χ0v) is 11.6. The van der Waals surface area contributed by atoms with Gasteiger partial charge in [-0.2, -0.15) is 0 Å². The number of hydrogen-bond acceptors (Lipinski definition) is 5. The molecule has 5 nitrogen and oxygen atoms in total. The van der Waals surface area contributed by atoms with Crippen molar-refractivity contribution >= 4 is 22.8 Å². The molecule has 0 saturated carbocycles. The van der Waals surface area contributed by atoms with Gasteiger partial charge in [-0.1, -0.05) is 23.9 Å². The number of nitrogens with one attached hydrogen (secondary N) is 1. The van der Waals surface area contributed by atoms with Crippen LogP contribution in [-0.4, -0.2) is 40.1 Å². The number of aliphatic hydroxyl groups excluding tert-OH is 2. The molecule has 6 heteroatoms. The molecule has 0 bridgehead atoms. The van der Waals surface area contributed by atoms with Gasteiger partial charge in [0.15, 0.2) is 5.12 Å². The van der Waals surface area contributed by atoms with Crippen molar-refractivity contribution in [2.24, 2.45) is 0 Å². The molecule has 104 valence electrons. The molecule has 3 N–H and O–H groups in total. The third kappa shape index (κ3) is 4.66. The van der Waals surface area contributed by atoms with E-state index in [9.17, 15) is 19.8 Å². The van der Waals surface area contributed by atoms with Gasteiger partial charge in [0.1, 0.15) is 6.10 Å². The highest BCUT2D eigenvalue weighted by Crippen LogP contribution is 2.20. The highest BCUT2D eigenvalue weighted by molar-refractivity contribution is 8.13. The Morgan fingerprint density at radius 1 is 1.26 bits per heavy atom. The minimum absolute atomic E-state index is 0.110. The van der Waals surface area contributed by atoms with Gasteiger partial charge < -0.3 is 15.5 Å². The van der Waals surface area contributed by atoms with Gasteiger partial charge in [-0.3, -0.25) is 9.59 Å². The van der Waals surface area contributed by atoms with Crippen LogP contribution >= 0.6 is 11.8 Å². The summed E-state index contributed by atoms with van der Waals surface area (Å²) in [5.74, 6) is -0.0815. The highest BCUT2D eigenvalue weighted by Gasteiger charge is 2.19. The first-order valence-corrected chi connectivity index (χ1v) is 6.75. The van der Waals surface area contributed by atoms with Crippen molar-refractivity contribution in [3.63, 3.8) is 0 Å². The van der Waals surface area contributed by atoms with Crippen LogP contribution in [0.3, 0.4) is 0 Å². The maximum atomic E-state index is 11.3. The number of carbonyl (C=O) groups is 2. The molecule has 1 aromatic carbocycles. The zero-order valence-electron chi connectivity index (χ0n) is 10.8. The van der Waals surface area contributed by atoms with E-state index >= 15 is 0 Å². The lowest BCUT2D eigenvalue weighted by Crippen LogP contribution is -2.22. The van der Waals surface area contributed by atoms with Crippen LogP contribution in [0, 0.1) is 0 Å². The van der Waals surface area contributed by atoms with Gasteiger partial charge in [0.25, 0.3) is 5.91 Å². The standard InChI is InChI=1S/C13H17NO4S/c1-8(15)19-7-11(16)12(17)9-3-5-10(6-4-9)13(18)14-2/h3-6,11-12,16-17H,7H2,1-2H3,(H,14,18). The molecular formula is C13H17NO4S. The monoisotopic (exact) mass is 283 g/mol. The maximum Gasteiger partial charge on any atom is 0.251 e. The molecule has 0 aromatic heterocycles. The molecule has 0 aliphatic carbocycles. The van der Waals surface area contributed by atoms with Gasteiger partial charge in [-0.25, -0.2) is 0 Å². The minimum atomic E-state index is -1.08. The molecular weight excluding hydrogens is 266 g/mol. The summed E-state index contributed by atoms with van der Waals surface area (Å²) < 4.78 is 0. The maximum absolute atomic E-state index is 11.3. The molecule has 1 amide bonds. The first kappa shape index (κ1) is 15.7. The van der Waals surface area contributed by atoms with Crippen molar-refractivity contribution in [1.29, 1.82) is 0 Å². The van der Waals surface area contributed by atoms with Crippen molar-refractivity contribution in [2.45, 2.75) is 19.1 Å². The number of hydrogen-bond donors (Lipinski definition) is 3. The van der Waals surface area contributed by atoms with Crippen LogP contribution in [0.4, 0.5) is 0 Å². The Bertz CT molecular complexity index is 446. The van der Waals surface area contributed by atoms with Crippen LogP contribution in [0.1, 0.15) is 28.9 Å². The molecule has 0 aliphatic heterocycles. The number of rotatable bonds is 5. The fourth-order valence-electron chi connectivity index (χ4n) is 1.49. The predicted octanol–water partition coefficient (Wildman–Crippen LogP) is 0.720. The van der Waals surface area contributed by atoms with Crippen molar-refractivity contribution in [2.75, 3.05) is 12.8 Å². The van der Waals surface area contributed by atoms with E-state index in [1.165, 1.54) is 14.0 Å². The largest absolute Gasteiger partial charge is 0.389 e. The summed E-state index contributed by atoms with van der Waals surface area (Å²) in [6.45, 7) is 1.40. The molecule has 0 saturated heterocycles. The smallest absolute Gasteiger partial charge is 0.251 e. The van der Waals surface area contributed by atoms with Crippen LogP contribution in [0.2, 0.25) is 0 Å². The summed E-state index contributed by atoms with van der Waals surface area (Å²) in [5, 5.41) is 22.0. The first-order chi connectivity index (χ1) is 8.95. The lowest BCUT2D eigenvalue weighted by atomic mass is 10.0. The predicted molar refractivity (Wildman–Crippen MR) is 73.9 cm³/mol. The fourth-order valence-corrected chi connectivity index (χ4v) is 2.08. The van der Waals surface area contributed by atoms with E-state index in [-0.39, 0.29) is 16.8 Å².